The number of aliphatic hydroxyl groups excluding tert-OH is 1. The molecule has 1 aliphatic heterocycles. The van der Waals surface area contributed by atoms with Gasteiger partial charge in [0.25, 0.3) is 0 Å². The van der Waals surface area contributed by atoms with Crippen LogP contribution in [0.2, 0.25) is 5.02 Å². The Balaban J connectivity index is 1.92. The van der Waals surface area contributed by atoms with Gasteiger partial charge in [-0.1, -0.05) is 11.6 Å². The van der Waals surface area contributed by atoms with E-state index >= 15 is 0 Å². The van der Waals surface area contributed by atoms with Crippen molar-refractivity contribution in [1.29, 1.82) is 0 Å². The van der Waals surface area contributed by atoms with Gasteiger partial charge in [0.2, 0.25) is 0 Å². The number of nitrogens with zero attached hydrogens (tertiary/aromatic N) is 1. The average molecular weight is 283 g/mol. The van der Waals surface area contributed by atoms with Gasteiger partial charge in [-0.05, 0) is 37.1 Å². The first-order valence-corrected chi connectivity index (χ1v) is 6.48. The smallest absolute Gasteiger partial charge is 0.313 e. The van der Waals surface area contributed by atoms with E-state index in [2.05, 4.69) is 5.32 Å². The van der Waals surface area contributed by atoms with E-state index in [1.165, 1.54) is 4.90 Å². The maximum Gasteiger partial charge on any atom is 0.313 e. The number of hydrogen-bond acceptors (Lipinski definition) is 3. The van der Waals surface area contributed by atoms with E-state index in [0.717, 1.165) is 0 Å². The van der Waals surface area contributed by atoms with Gasteiger partial charge in [0.15, 0.2) is 0 Å². The van der Waals surface area contributed by atoms with Crippen LogP contribution in [0.4, 0.5) is 5.69 Å². The molecular formula is C13H15ClN2O3. The van der Waals surface area contributed by atoms with Crippen LogP contribution in [0.25, 0.3) is 0 Å². The molecule has 1 aromatic rings. The fraction of sp³-hybridized carbons (Fsp3) is 0.385. The van der Waals surface area contributed by atoms with Gasteiger partial charge in [-0.2, -0.15) is 0 Å². The van der Waals surface area contributed by atoms with Gasteiger partial charge in [0.1, 0.15) is 0 Å². The Bertz CT molecular complexity index is 467. The number of likely N-dealkylation sites (tertiary alicyclic amines) is 1. The molecule has 1 aromatic carbocycles. The van der Waals surface area contributed by atoms with Crippen molar-refractivity contribution in [3.8, 4) is 0 Å². The molecule has 0 aliphatic carbocycles. The fourth-order valence-corrected chi connectivity index (χ4v) is 2.06. The number of carbonyl (C=O) groups excluding carboxylic acids is 2. The SMILES string of the molecule is O=C(Nc1ccc(Cl)cc1)C(=O)N1CCC(O)CC1. The van der Waals surface area contributed by atoms with E-state index in [-0.39, 0.29) is 6.10 Å². The molecule has 2 rings (SSSR count). The number of hydrogen-bond donors (Lipinski definition) is 2. The number of piperidine rings is 1. The van der Waals surface area contributed by atoms with Crippen LogP contribution in [0.5, 0.6) is 0 Å². The molecule has 0 aromatic heterocycles. The van der Waals surface area contributed by atoms with Crippen molar-refractivity contribution < 1.29 is 14.7 Å². The third-order valence-corrected chi connectivity index (χ3v) is 3.30. The zero-order valence-corrected chi connectivity index (χ0v) is 11.1. The molecule has 0 bridgehead atoms. The van der Waals surface area contributed by atoms with Gasteiger partial charge < -0.3 is 15.3 Å². The van der Waals surface area contributed by atoms with Gasteiger partial charge in [-0.15, -0.1) is 0 Å². The van der Waals surface area contributed by atoms with Gasteiger partial charge >= 0.3 is 11.8 Å². The van der Waals surface area contributed by atoms with Gasteiger partial charge in [-0.25, -0.2) is 0 Å². The van der Waals surface area contributed by atoms with Crippen LogP contribution in [-0.4, -0.2) is 41.0 Å². The number of nitrogens with one attached hydrogen (secondary N) is 1. The van der Waals surface area contributed by atoms with E-state index in [4.69, 9.17) is 11.6 Å². The molecule has 1 fully saturated rings. The highest BCUT2D eigenvalue weighted by atomic mass is 35.5. The number of carbonyl (C=O) groups is 2. The molecule has 0 spiro atoms. The maximum absolute atomic E-state index is 11.9. The van der Waals surface area contributed by atoms with E-state index in [1.807, 2.05) is 0 Å². The highest BCUT2D eigenvalue weighted by Crippen LogP contribution is 2.14. The number of halogens is 1. The molecular weight excluding hydrogens is 268 g/mol. The lowest BCUT2D eigenvalue weighted by Gasteiger charge is -2.28. The third kappa shape index (κ3) is 3.68. The van der Waals surface area contributed by atoms with Crippen molar-refractivity contribution in [3.63, 3.8) is 0 Å². The molecule has 102 valence electrons. The largest absolute Gasteiger partial charge is 0.393 e. The molecule has 2 N–H and O–H groups in total. The van der Waals surface area contributed by atoms with E-state index in [9.17, 15) is 14.7 Å². The van der Waals surface area contributed by atoms with E-state index < -0.39 is 11.8 Å². The van der Waals surface area contributed by atoms with Gasteiger partial charge in [0, 0.05) is 23.8 Å². The first-order valence-electron chi connectivity index (χ1n) is 6.10. The predicted octanol–water partition coefficient (Wildman–Crippen LogP) is 1.26. The van der Waals surface area contributed by atoms with Crippen LogP contribution >= 0.6 is 11.6 Å². The van der Waals surface area contributed by atoms with Crippen molar-refractivity contribution >= 4 is 29.1 Å². The summed E-state index contributed by atoms with van der Waals surface area (Å²) >= 11 is 5.73. The number of benzene rings is 1. The Morgan fingerprint density at radius 3 is 2.37 bits per heavy atom. The average Bonchev–Trinajstić information content (AvgIpc) is 2.41. The molecule has 19 heavy (non-hydrogen) atoms. The Morgan fingerprint density at radius 2 is 1.79 bits per heavy atom. The van der Waals surface area contributed by atoms with Crippen LogP contribution in [0.1, 0.15) is 12.8 Å². The first-order chi connectivity index (χ1) is 9.06. The number of aliphatic hydroxyl groups is 1. The Morgan fingerprint density at radius 1 is 1.21 bits per heavy atom. The van der Waals surface area contributed by atoms with Crippen LogP contribution in [0.15, 0.2) is 24.3 Å². The highest BCUT2D eigenvalue weighted by Gasteiger charge is 2.26. The molecule has 2 amide bonds. The summed E-state index contributed by atoms with van der Waals surface area (Å²) in [7, 11) is 0. The number of rotatable bonds is 1. The summed E-state index contributed by atoms with van der Waals surface area (Å²) in [4.78, 5) is 25.1. The first kappa shape index (κ1) is 13.8. The molecule has 0 saturated carbocycles. The lowest BCUT2D eigenvalue weighted by molar-refractivity contribution is -0.144. The minimum absolute atomic E-state index is 0.372. The quantitative estimate of drug-likeness (QED) is 0.762. The zero-order chi connectivity index (χ0) is 13.8. The molecule has 1 heterocycles. The normalized spacial score (nSPS) is 16.2. The zero-order valence-electron chi connectivity index (χ0n) is 10.3. The van der Waals surface area contributed by atoms with Gasteiger partial charge in [-0.3, -0.25) is 9.59 Å². The molecule has 5 nitrogen and oxygen atoms in total. The lowest BCUT2D eigenvalue weighted by atomic mass is 10.1. The second kappa shape index (κ2) is 6.04. The highest BCUT2D eigenvalue weighted by molar-refractivity contribution is 6.39. The van der Waals surface area contributed by atoms with Gasteiger partial charge in [0.05, 0.1) is 6.10 Å². The molecule has 1 aliphatic rings. The minimum atomic E-state index is -0.668. The third-order valence-electron chi connectivity index (χ3n) is 3.05. The van der Waals surface area contributed by atoms with Crippen LogP contribution in [0.3, 0.4) is 0 Å². The van der Waals surface area contributed by atoms with Crippen molar-refractivity contribution in [2.45, 2.75) is 18.9 Å². The Kier molecular flexibility index (Phi) is 4.39. The van der Waals surface area contributed by atoms with E-state index in [0.29, 0.717) is 36.6 Å². The minimum Gasteiger partial charge on any atom is -0.393 e. The number of anilines is 1. The Labute approximate surface area is 116 Å². The van der Waals surface area contributed by atoms with Crippen molar-refractivity contribution in [1.82, 2.24) is 4.90 Å². The molecule has 6 heteroatoms. The monoisotopic (exact) mass is 282 g/mol. The summed E-state index contributed by atoms with van der Waals surface area (Å²) in [5.74, 6) is -1.24. The maximum atomic E-state index is 11.9. The lowest BCUT2D eigenvalue weighted by Crippen LogP contribution is -2.45. The van der Waals surface area contributed by atoms with Crippen molar-refractivity contribution in [2.75, 3.05) is 18.4 Å². The second-order valence-electron chi connectivity index (χ2n) is 4.48. The van der Waals surface area contributed by atoms with Crippen molar-refractivity contribution in [2.24, 2.45) is 0 Å². The molecule has 0 unspecified atom stereocenters. The van der Waals surface area contributed by atoms with Crippen molar-refractivity contribution in [3.05, 3.63) is 29.3 Å². The van der Waals surface area contributed by atoms with E-state index in [1.54, 1.807) is 24.3 Å². The molecule has 0 atom stereocenters. The predicted molar refractivity (Wildman–Crippen MR) is 71.9 cm³/mol. The summed E-state index contributed by atoms with van der Waals surface area (Å²) in [6.45, 7) is 0.822. The fourth-order valence-electron chi connectivity index (χ4n) is 1.93. The standard InChI is InChI=1S/C13H15ClN2O3/c14-9-1-3-10(4-2-9)15-12(18)13(19)16-7-5-11(17)6-8-16/h1-4,11,17H,5-8H2,(H,15,18). The van der Waals surface area contributed by atoms with Crippen LogP contribution in [0, 0.1) is 0 Å². The topological polar surface area (TPSA) is 69.6 Å². The molecule has 1 saturated heterocycles. The molecule has 0 radical (unpaired) electrons. The summed E-state index contributed by atoms with van der Waals surface area (Å²) in [5.41, 5.74) is 0.528. The number of amides is 2. The summed E-state index contributed by atoms with van der Waals surface area (Å²) < 4.78 is 0. The second-order valence-corrected chi connectivity index (χ2v) is 4.92. The summed E-state index contributed by atoms with van der Waals surface area (Å²) in [6, 6.07) is 6.54. The summed E-state index contributed by atoms with van der Waals surface area (Å²) in [6.07, 6.45) is 0.656. The Hall–Kier alpha value is -1.59. The summed E-state index contributed by atoms with van der Waals surface area (Å²) in [5, 5.41) is 12.4. The van der Waals surface area contributed by atoms with Crippen LogP contribution < -0.4 is 5.32 Å². The van der Waals surface area contributed by atoms with Crippen LogP contribution in [-0.2, 0) is 9.59 Å².